The third-order valence-corrected chi connectivity index (χ3v) is 2.35. The van der Waals surface area contributed by atoms with Crippen LogP contribution in [0.5, 0.6) is 11.5 Å². The largest absolute Gasteiger partial charge is 0.490 e. The Morgan fingerprint density at radius 1 is 1.15 bits per heavy atom. The third-order valence-electron chi connectivity index (χ3n) is 2.35. The molecule has 1 aromatic rings. The molecule has 0 atom stereocenters. The van der Waals surface area contributed by atoms with Gasteiger partial charge < -0.3 is 19.5 Å². The summed E-state index contributed by atoms with van der Waals surface area (Å²) in [6.45, 7) is 8.73. The van der Waals surface area contributed by atoms with Crippen molar-refractivity contribution in [3.8, 4) is 11.5 Å². The van der Waals surface area contributed by atoms with Gasteiger partial charge in [0.2, 0.25) is 0 Å². The van der Waals surface area contributed by atoms with Crippen molar-refractivity contribution >= 4 is 11.7 Å². The van der Waals surface area contributed by atoms with Gasteiger partial charge >= 0.3 is 5.97 Å². The molecule has 0 fully saturated rings. The summed E-state index contributed by atoms with van der Waals surface area (Å²) < 4.78 is 16.1. The Balaban J connectivity index is 2.66. The van der Waals surface area contributed by atoms with Crippen molar-refractivity contribution in [3.05, 3.63) is 18.2 Å². The first kappa shape index (κ1) is 16.1. The fourth-order valence-corrected chi connectivity index (χ4v) is 1.64. The average molecular weight is 281 g/mol. The number of anilines is 1. The number of carbonyl (C=O) groups is 1. The molecule has 0 unspecified atom stereocenters. The zero-order chi connectivity index (χ0) is 15.0. The highest BCUT2D eigenvalue weighted by atomic mass is 16.5. The van der Waals surface area contributed by atoms with Crippen LogP contribution in [0, 0.1) is 0 Å². The first-order valence-electron chi connectivity index (χ1n) is 6.89. The van der Waals surface area contributed by atoms with E-state index < -0.39 is 0 Å². The van der Waals surface area contributed by atoms with Gasteiger partial charge in [0.1, 0.15) is 6.54 Å². The topological polar surface area (TPSA) is 56.8 Å². The van der Waals surface area contributed by atoms with Crippen molar-refractivity contribution < 1.29 is 19.0 Å². The van der Waals surface area contributed by atoms with Crippen molar-refractivity contribution in [1.82, 2.24) is 0 Å². The van der Waals surface area contributed by atoms with Crippen LogP contribution in [-0.2, 0) is 9.53 Å². The SMILES string of the molecule is CCOc1ccc(NCC(=O)OC(C)C)cc1OCC. The maximum atomic E-state index is 11.5. The van der Waals surface area contributed by atoms with Gasteiger partial charge in [0, 0.05) is 11.8 Å². The molecule has 0 heterocycles. The summed E-state index contributed by atoms with van der Waals surface area (Å²) in [6, 6.07) is 5.48. The summed E-state index contributed by atoms with van der Waals surface area (Å²) in [5.41, 5.74) is 0.789. The van der Waals surface area contributed by atoms with E-state index in [1.807, 2.05) is 45.9 Å². The first-order chi connectivity index (χ1) is 9.56. The van der Waals surface area contributed by atoms with Gasteiger partial charge in [0.15, 0.2) is 11.5 Å². The quantitative estimate of drug-likeness (QED) is 0.743. The molecule has 0 saturated carbocycles. The Morgan fingerprint density at radius 2 is 1.80 bits per heavy atom. The lowest BCUT2D eigenvalue weighted by Crippen LogP contribution is -2.20. The Labute approximate surface area is 120 Å². The molecule has 0 radical (unpaired) electrons. The highest BCUT2D eigenvalue weighted by molar-refractivity contribution is 5.75. The number of benzene rings is 1. The first-order valence-corrected chi connectivity index (χ1v) is 6.89. The lowest BCUT2D eigenvalue weighted by atomic mass is 10.2. The van der Waals surface area contributed by atoms with Crippen LogP contribution in [0.4, 0.5) is 5.69 Å². The predicted octanol–water partition coefficient (Wildman–Crippen LogP) is 2.85. The van der Waals surface area contributed by atoms with Crippen LogP contribution in [-0.4, -0.2) is 31.8 Å². The molecule has 20 heavy (non-hydrogen) atoms. The Kier molecular flexibility index (Phi) is 6.70. The van der Waals surface area contributed by atoms with Crippen molar-refractivity contribution in [2.45, 2.75) is 33.8 Å². The molecule has 0 saturated heterocycles. The van der Waals surface area contributed by atoms with Gasteiger partial charge in [0.05, 0.1) is 19.3 Å². The maximum absolute atomic E-state index is 11.5. The van der Waals surface area contributed by atoms with Crippen molar-refractivity contribution in [2.75, 3.05) is 25.1 Å². The summed E-state index contributed by atoms with van der Waals surface area (Å²) in [5.74, 6) is 1.08. The molecule has 5 heteroatoms. The molecule has 0 amide bonds. The number of hydrogen-bond donors (Lipinski definition) is 1. The zero-order valence-corrected chi connectivity index (χ0v) is 12.6. The fourth-order valence-electron chi connectivity index (χ4n) is 1.64. The van der Waals surface area contributed by atoms with Crippen LogP contribution in [0.1, 0.15) is 27.7 Å². The predicted molar refractivity (Wildman–Crippen MR) is 78.5 cm³/mol. The van der Waals surface area contributed by atoms with Gasteiger partial charge in [-0.15, -0.1) is 0 Å². The van der Waals surface area contributed by atoms with Gasteiger partial charge in [-0.05, 0) is 39.8 Å². The van der Waals surface area contributed by atoms with Crippen LogP contribution in [0.2, 0.25) is 0 Å². The molecule has 0 aliphatic rings. The molecule has 0 bridgehead atoms. The van der Waals surface area contributed by atoms with Crippen LogP contribution < -0.4 is 14.8 Å². The van der Waals surface area contributed by atoms with E-state index in [4.69, 9.17) is 14.2 Å². The Morgan fingerprint density at radius 3 is 2.40 bits per heavy atom. The van der Waals surface area contributed by atoms with E-state index in [0.29, 0.717) is 24.7 Å². The molecular weight excluding hydrogens is 258 g/mol. The molecule has 1 aromatic carbocycles. The van der Waals surface area contributed by atoms with Crippen LogP contribution in [0.15, 0.2) is 18.2 Å². The van der Waals surface area contributed by atoms with Gasteiger partial charge in [0.25, 0.3) is 0 Å². The average Bonchev–Trinajstić information content (AvgIpc) is 2.39. The molecule has 1 rings (SSSR count). The fraction of sp³-hybridized carbons (Fsp3) is 0.533. The van der Waals surface area contributed by atoms with Crippen LogP contribution in [0.3, 0.4) is 0 Å². The summed E-state index contributed by atoms with van der Waals surface area (Å²) in [4.78, 5) is 11.5. The van der Waals surface area contributed by atoms with E-state index in [1.165, 1.54) is 0 Å². The number of hydrogen-bond acceptors (Lipinski definition) is 5. The third kappa shape index (κ3) is 5.38. The summed E-state index contributed by atoms with van der Waals surface area (Å²) in [5, 5.41) is 3.01. The molecule has 112 valence electrons. The van der Waals surface area contributed by atoms with Gasteiger partial charge in [-0.2, -0.15) is 0 Å². The smallest absolute Gasteiger partial charge is 0.325 e. The lowest BCUT2D eigenvalue weighted by Gasteiger charge is -2.13. The molecule has 0 aliphatic heterocycles. The van der Waals surface area contributed by atoms with E-state index in [1.54, 1.807) is 0 Å². The van der Waals surface area contributed by atoms with Crippen molar-refractivity contribution in [3.63, 3.8) is 0 Å². The molecule has 0 spiro atoms. The van der Waals surface area contributed by atoms with E-state index >= 15 is 0 Å². The van der Waals surface area contributed by atoms with E-state index in [-0.39, 0.29) is 18.6 Å². The highest BCUT2D eigenvalue weighted by Gasteiger charge is 2.08. The van der Waals surface area contributed by atoms with Gasteiger partial charge in [-0.1, -0.05) is 0 Å². The monoisotopic (exact) mass is 281 g/mol. The zero-order valence-electron chi connectivity index (χ0n) is 12.6. The van der Waals surface area contributed by atoms with Crippen molar-refractivity contribution in [2.24, 2.45) is 0 Å². The van der Waals surface area contributed by atoms with E-state index in [0.717, 1.165) is 5.69 Å². The number of carbonyl (C=O) groups excluding carboxylic acids is 1. The second-order valence-electron chi connectivity index (χ2n) is 4.42. The summed E-state index contributed by atoms with van der Waals surface area (Å²) in [7, 11) is 0. The summed E-state index contributed by atoms with van der Waals surface area (Å²) >= 11 is 0. The molecule has 0 aromatic heterocycles. The minimum atomic E-state index is -0.285. The standard InChI is InChI=1S/C15H23NO4/c1-5-18-13-8-7-12(9-14(13)19-6-2)16-10-15(17)20-11(3)4/h7-9,11,16H,5-6,10H2,1-4H3. The second kappa shape index (κ2) is 8.30. The number of ether oxygens (including phenoxy) is 3. The molecule has 5 nitrogen and oxygen atoms in total. The van der Waals surface area contributed by atoms with Gasteiger partial charge in [-0.3, -0.25) is 4.79 Å². The molecular formula is C15H23NO4. The normalized spacial score (nSPS) is 10.2. The Hall–Kier alpha value is -1.91. The number of nitrogens with one attached hydrogen (secondary N) is 1. The maximum Gasteiger partial charge on any atom is 0.325 e. The van der Waals surface area contributed by atoms with Crippen LogP contribution in [0.25, 0.3) is 0 Å². The van der Waals surface area contributed by atoms with Crippen molar-refractivity contribution in [1.29, 1.82) is 0 Å². The number of rotatable bonds is 8. The highest BCUT2D eigenvalue weighted by Crippen LogP contribution is 2.30. The van der Waals surface area contributed by atoms with Gasteiger partial charge in [-0.25, -0.2) is 0 Å². The number of esters is 1. The molecule has 0 aliphatic carbocycles. The Bertz CT molecular complexity index is 432. The minimum absolute atomic E-state index is 0.108. The lowest BCUT2D eigenvalue weighted by molar-refractivity contribution is -0.145. The molecule has 1 N–H and O–H groups in total. The minimum Gasteiger partial charge on any atom is -0.490 e. The van der Waals surface area contributed by atoms with Crippen LogP contribution >= 0.6 is 0 Å². The summed E-state index contributed by atoms with van der Waals surface area (Å²) in [6.07, 6.45) is -0.108. The van der Waals surface area contributed by atoms with E-state index in [2.05, 4.69) is 5.32 Å². The van der Waals surface area contributed by atoms with E-state index in [9.17, 15) is 4.79 Å². The second-order valence-corrected chi connectivity index (χ2v) is 4.42.